The van der Waals surface area contributed by atoms with E-state index in [0.717, 1.165) is 48.3 Å². The van der Waals surface area contributed by atoms with E-state index in [2.05, 4.69) is 0 Å². The highest BCUT2D eigenvalue weighted by molar-refractivity contribution is 6.31. The molecule has 6 heteroatoms. The Morgan fingerprint density at radius 1 is 1.09 bits per heavy atom. The predicted octanol–water partition coefficient (Wildman–Crippen LogP) is 6.50. The highest BCUT2D eigenvalue weighted by Crippen LogP contribution is 2.26. The summed E-state index contributed by atoms with van der Waals surface area (Å²) in [4.78, 5) is 27.1. The number of Topliss-reactive ketones (excluding diaryl/α,β-unsaturated/α-hetero) is 1. The van der Waals surface area contributed by atoms with Gasteiger partial charge in [0.15, 0.2) is 5.78 Å². The van der Waals surface area contributed by atoms with Crippen molar-refractivity contribution in [1.82, 2.24) is 4.90 Å². The zero-order valence-corrected chi connectivity index (χ0v) is 20.6. The van der Waals surface area contributed by atoms with E-state index in [1.807, 2.05) is 63.2 Å². The number of ether oxygens (including phenoxy) is 2. The minimum absolute atomic E-state index is 0.128. The Morgan fingerprint density at radius 3 is 2.64 bits per heavy atom. The minimum atomic E-state index is -0.564. The predicted molar refractivity (Wildman–Crippen MR) is 131 cm³/mol. The van der Waals surface area contributed by atoms with Gasteiger partial charge in [-0.25, -0.2) is 4.79 Å². The van der Waals surface area contributed by atoms with Crippen molar-refractivity contribution in [2.24, 2.45) is 0 Å². The fraction of sp³-hybridized carbons (Fsp3) is 0.481. The van der Waals surface area contributed by atoms with Gasteiger partial charge in [-0.15, -0.1) is 0 Å². The molecule has 0 aromatic heterocycles. The number of fused-ring (bicyclic) bond motifs is 1. The van der Waals surface area contributed by atoms with Gasteiger partial charge in [0.25, 0.3) is 0 Å². The Kier molecular flexibility index (Phi) is 8.79. The van der Waals surface area contributed by atoms with Gasteiger partial charge in [0.05, 0.1) is 6.61 Å². The van der Waals surface area contributed by atoms with Gasteiger partial charge in [-0.2, -0.15) is 0 Å². The Bertz CT molecular complexity index is 967. The fourth-order valence-electron chi connectivity index (χ4n) is 3.84. The summed E-state index contributed by atoms with van der Waals surface area (Å²) in [5, 5.41) is 0.697. The molecule has 1 amide bonds. The van der Waals surface area contributed by atoms with Gasteiger partial charge in [0, 0.05) is 30.1 Å². The van der Waals surface area contributed by atoms with Crippen LogP contribution in [0.1, 0.15) is 67.9 Å². The summed E-state index contributed by atoms with van der Waals surface area (Å²) in [6.07, 6.45) is 4.13. The molecule has 0 spiro atoms. The maximum Gasteiger partial charge on any atom is 0.410 e. The van der Waals surface area contributed by atoms with Crippen LogP contribution in [0.15, 0.2) is 42.5 Å². The number of carbonyl (C=O) groups excluding carboxylic acids is 2. The summed E-state index contributed by atoms with van der Waals surface area (Å²) in [6, 6.07) is 13.4. The first-order chi connectivity index (χ1) is 15.7. The van der Waals surface area contributed by atoms with Gasteiger partial charge in [-0.05, 0) is 88.3 Å². The van der Waals surface area contributed by atoms with Crippen molar-refractivity contribution in [3.63, 3.8) is 0 Å². The SMILES string of the molecule is CC(C)(C)OC(=O)N(CCCCC(=O)c1ccc2c(c1)CCCO2)CCc1ccccc1Cl. The zero-order chi connectivity index (χ0) is 23.8. The van der Waals surface area contributed by atoms with E-state index >= 15 is 0 Å². The van der Waals surface area contributed by atoms with Crippen molar-refractivity contribution in [1.29, 1.82) is 0 Å². The number of aryl methyl sites for hydroxylation is 1. The van der Waals surface area contributed by atoms with Gasteiger partial charge in [-0.1, -0.05) is 29.8 Å². The summed E-state index contributed by atoms with van der Waals surface area (Å²) in [5.74, 6) is 1.02. The maximum absolute atomic E-state index is 12.7. The molecule has 33 heavy (non-hydrogen) atoms. The number of unbranched alkanes of at least 4 members (excludes halogenated alkanes) is 1. The standard InChI is InChI=1S/C27H34ClNO4/c1-27(2,3)33-26(31)29(17-15-20-9-4-5-11-23(20)28)16-7-6-12-24(30)21-13-14-25-22(19-21)10-8-18-32-25/h4-5,9,11,13-14,19H,6-8,10,12,15-18H2,1-3H3. The molecular formula is C27H34ClNO4. The van der Waals surface area contributed by atoms with Gasteiger partial charge in [0.2, 0.25) is 0 Å². The van der Waals surface area contributed by atoms with Crippen LogP contribution < -0.4 is 4.74 Å². The first-order valence-corrected chi connectivity index (χ1v) is 12.1. The molecule has 3 rings (SSSR count). The molecule has 0 unspecified atom stereocenters. The number of ketones is 1. The fourth-order valence-corrected chi connectivity index (χ4v) is 4.07. The normalized spacial score (nSPS) is 13.1. The van der Waals surface area contributed by atoms with Crippen LogP contribution >= 0.6 is 11.6 Å². The van der Waals surface area contributed by atoms with Crippen LogP contribution in [0.3, 0.4) is 0 Å². The third kappa shape index (κ3) is 7.78. The molecule has 0 radical (unpaired) electrons. The van der Waals surface area contributed by atoms with E-state index in [9.17, 15) is 9.59 Å². The lowest BCUT2D eigenvalue weighted by Crippen LogP contribution is -2.38. The average molecular weight is 472 g/mol. The second kappa shape index (κ2) is 11.6. The van der Waals surface area contributed by atoms with Crippen LogP contribution in [-0.2, 0) is 17.6 Å². The van der Waals surface area contributed by atoms with Crippen molar-refractivity contribution >= 4 is 23.5 Å². The molecule has 0 saturated heterocycles. The van der Waals surface area contributed by atoms with Crippen LogP contribution in [-0.4, -0.2) is 42.1 Å². The summed E-state index contributed by atoms with van der Waals surface area (Å²) in [5.41, 5.74) is 2.29. The van der Waals surface area contributed by atoms with E-state index in [-0.39, 0.29) is 11.9 Å². The smallest absolute Gasteiger partial charge is 0.410 e. The largest absolute Gasteiger partial charge is 0.493 e. The zero-order valence-electron chi connectivity index (χ0n) is 19.9. The third-order valence-electron chi connectivity index (χ3n) is 5.57. The Balaban J connectivity index is 1.53. The summed E-state index contributed by atoms with van der Waals surface area (Å²) in [7, 11) is 0. The quantitative estimate of drug-likeness (QED) is 0.309. The van der Waals surface area contributed by atoms with Crippen molar-refractivity contribution in [3.8, 4) is 5.75 Å². The maximum atomic E-state index is 12.7. The minimum Gasteiger partial charge on any atom is -0.493 e. The lowest BCUT2D eigenvalue weighted by molar-refractivity contribution is 0.0249. The van der Waals surface area contributed by atoms with Crippen LogP contribution in [0.5, 0.6) is 5.75 Å². The molecule has 0 atom stereocenters. The van der Waals surface area contributed by atoms with Crippen molar-refractivity contribution in [2.45, 2.75) is 64.9 Å². The molecular weight excluding hydrogens is 438 g/mol. The second-order valence-corrected chi connectivity index (χ2v) is 9.87. The van der Waals surface area contributed by atoms with Gasteiger partial charge in [0.1, 0.15) is 11.4 Å². The summed E-state index contributed by atoms with van der Waals surface area (Å²) >= 11 is 6.28. The molecule has 1 aliphatic heterocycles. The number of benzene rings is 2. The topological polar surface area (TPSA) is 55.8 Å². The van der Waals surface area contributed by atoms with Gasteiger partial charge < -0.3 is 14.4 Å². The number of amides is 1. The van der Waals surface area contributed by atoms with E-state index < -0.39 is 5.60 Å². The van der Waals surface area contributed by atoms with Crippen molar-refractivity contribution in [3.05, 3.63) is 64.2 Å². The van der Waals surface area contributed by atoms with Crippen LogP contribution in [0, 0.1) is 0 Å². The molecule has 0 N–H and O–H groups in total. The monoisotopic (exact) mass is 471 g/mol. The molecule has 2 aromatic carbocycles. The lowest BCUT2D eigenvalue weighted by atomic mass is 9.99. The first-order valence-electron chi connectivity index (χ1n) is 11.7. The van der Waals surface area contributed by atoms with Crippen LogP contribution in [0.4, 0.5) is 4.79 Å². The highest BCUT2D eigenvalue weighted by atomic mass is 35.5. The Labute approximate surface area is 202 Å². The van der Waals surface area contributed by atoms with E-state index in [0.29, 0.717) is 37.4 Å². The number of rotatable bonds is 9. The van der Waals surface area contributed by atoms with Crippen LogP contribution in [0.25, 0.3) is 0 Å². The molecule has 0 saturated carbocycles. The molecule has 1 heterocycles. The van der Waals surface area contributed by atoms with E-state index in [1.165, 1.54) is 0 Å². The summed E-state index contributed by atoms with van der Waals surface area (Å²) in [6.45, 7) is 7.37. The highest BCUT2D eigenvalue weighted by Gasteiger charge is 2.22. The number of halogens is 1. The Morgan fingerprint density at radius 2 is 1.88 bits per heavy atom. The third-order valence-corrected chi connectivity index (χ3v) is 5.94. The number of nitrogens with zero attached hydrogens (tertiary/aromatic N) is 1. The average Bonchev–Trinajstić information content (AvgIpc) is 2.77. The molecule has 1 aliphatic rings. The number of hydrogen-bond acceptors (Lipinski definition) is 4. The molecule has 0 bridgehead atoms. The van der Waals surface area contributed by atoms with E-state index in [4.69, 9.17) is 21.1 Å². The first kappa shape index (κ1) is 25.1. The van der Waals surface area contributed by atoms with Crippen molar-refractivity contribution in [2.75, 3.05) is 19.7 Å². The Hall–Kier alpha value is -2.53. The van der Waals surface area contributed by atoms with Crippen LogP contribution in [0.2, 0.25) is 5.02 Å². The lowest BCUT2D eigenvalue weighted by Gasteiger charge is -2.27. The number of hydrogen-bond donors (Lipinski definition) is 0. The molecule has 5 nitrogen and oxygen atoms in total. The molecule has 0 fully saturated rings. The van der Waals surface area contributed by atoms with Crippen molar-refractivity contribution < 1.29 is 19.1 Å². The molecule has 2 aromatic rings. The van der Waals surface area contributed by atoms with Gasteiger partial charge in [-0.3, -0.25) is 4.79 Å². The second-order valence-electron chi connectivity index (χ2n) is 9.46. The molecule has 0 aliphatic carbocycles. The van der Waals surface area contributed by atoms with Gasteiger partial charge >= 0.3 is 6.09 Å². The summed E-state index contributed by atoms with van der Waals surface area (Å²) < 4.78 is 11.2. The van der Waals surface area contributed by atoms with E-state index in [1.54, 1.807) is 4.90 Å². The number of carbonyl (C=O) groups is 2. The molecule has 178 valence electrons.